The lowest BCUT2D eigenvalue weighted by molar-refractivity contribution is -0.118. The van der Waals surface area contributed by atoms with Crippen LogP contribution in [-0.4, -0.2) is 26.2 Å². The van der Waals surface area contributed by atoms with Gasteiger partial charge in [-0.15, -0.1) is 0 Å². The van der Waals surface area contributed by atoms with Gasteiger partial charge >= 0.3 is 0 Å². The number of nitrogens with one attached hydrogen (secondary N) is 1. The van der Waals surface area contributed by atoms with Crippen LogP contribution in [0.1, 0.15) is 20.3 Å². The van der Waals surface area contributed by atoms with Crippen LogP contribution < -0.4 is 19.5 Å². The average Bonchev–Trinajstić information content (AvgIpc) is 2.61. The predicted octanol–water partition coefficient (Wildman–Crippen LogP) is 4.14. The topological polar surface area (TPSA) is 56.8 Å². The predicted molar refractivity (Wildman–Crippen MR) is 98.5 cm³/mol. The zero-order valence-electron chi connectivity index (χ0n) is 15.0. The van der Waals surface area contributed by atoms with Crippen molar-refractivity contribution in [3.05, 3.63) is 48.5 Å². The molecule has 0 spiro atoms. The van der Waals surface area contributed by atoms with Crippen molar-refractivity contribution >= 4 is 11.6 Å². The van der Waals surface area contributed by atoms with E-state index in [1.807, 2.05) is 24.3 Å². The minimum absolute atomic E-state index is 0.0566. The molecule has 25 heavy (non-hydrogen) atoms. The number of amides is 1. The summed E-state index contributed by atoms with van der Waals surface area (Å²) in [7, 11) is 1.60. The number of carbonyl (C=O) groups excluding carboxylic acids is 1. The molecule has 0 aliphatic carbocycles. The molecule has 5 nitrogen and oxygen atoms in total. The first-order chi connectivity index (χ1) is 12.1. The van der Waals surface area contributed by atoms with Crippen molar-refractivity contribution in [3.63, 3.8) is 0 Å². The second-order valence-electron chi connectivity index (χ2n) is 6.07. The van der Waals surface area contributed by atoms with Gasteiger partial charge in [-0.3, -0.25) is 4.79 Å². The van der Waals surface area contributed by atoms with Gasteiger partial charge in [0, 0.05) is 5.69 Å². The van der Waals surface area contributed by atoms with Crippen LogP contribution >= 0.6 is 0 Å². The zero-order chi connectivity index (χ0) is 18.1. The molecule has 0 aromatic heterocycles. The van der Waals surface area contributed by atoms with E-state index in [0.29, 0.717) is 24.0 Å². The molecule has 0 aliphatic rings. The molecular weight excluding hydrogens is 318 g/mol. The minimum Gasteiger partial charge on any atom is -0.497 e. The monoisotopic (exact) mass is 343 g/mol. The normalized spacial score (nSPS) is 10.4. The van der Waals surface area contributed by atoms with Gasteiger partial charge in [-0.25, -0.2) is 0 Å². The first kappa shape index (κ1) is 18.6. The molecule has 0 aliphatic heterocycles. The fourth-order valence-electron chi connectivity index (χ4n) is 2.06. The average molecular weight is 343 g/mol. The van der Waals surface area contributed by atoms with Crippen molar-refractivity contribution in [1.29, 1.82) is 0 Å². The molecule has 2 rings (SSSR count). The van der Waals surface area contributed by atoms with Crippen LogP contribution in [-0.2, 0) is 4.79 Å². The molecule has 0 unspecified atom stereocenters. The molecular formula is C20H25NO4. The van der Waals surface area contributed by atoms with Crippen LogP contribution in [0.25, 0.3) is 0 Å². The molecule has 1 amide bonds. The van der Waals surface area contributed by atoms with Crippen LogP contribution in [0.5, 0.6) is 17.2 Å². The molecule has 2 aromatic rings. The van der Waals surface area contributed by atoms with E-state index < -0.39 is 0 Å². The molecule has 2 aromatic carbocycles. The van der Waals surface area contributed by atoms with E-state index in [1.54, 1.807) is 31.4 Å². The lowest BCUT2D eigenvalue weighted by Crippen LogP contribution is -2.20. The Hall–Kier alpha value is -2.69. The molecule has 0 fully saturated rings. The first-order valence-corrected chi connectivity index (χ1v) is 8.36. The summed E-state index contributed by atoms with van der Waals surface area (Å²) >= 11 is 0. The van der Waals surface area contributed by atoms with Gasteiger partial charge in [0.1, 0.15) is 17.2 Å². The van der Waals surface area contributed by atoms with Crippen molar-refractivity contribution < 1.29 is 19.0 Å². The fraction of sp³-hybridized carbons (Fsp3) is 0.350. The number of hydrogen-bond donors (Lipinski definition) is 1. The third-order valence-electron chi connectivity index (χ3n) is 3.53. The van der Waals surface area contributed by atoms with Crippen LogP contribution in [0, 0.1) is 5.92 Å². The van der Waals surface area contributed by atoms with E-state index in [1.165, 1.54) is 0 Å². The van der Waals surface area contributed by atoms with Crippen molar-refractivity contribution in [2.75, 3.05) is 25.6 Å². The molecule has 0 saturated carbocycles. The molecule has 0 radical (unpaired) electrons. The van der Waals surface area contributed by atoms with E-state index in [9.17, 15) is 4.79 Å². The molecule has 5 heteroatoms. The Kier molecular flexibility index (Phi) is 7.14. The summed E-state index contributed by atoms with van der Waals surface area (Å²) in [6.07, 6.45) is 1.02. The largest absolute Gasteiger partial charge is 0.497 e. The van der Waals surface area contributed by atoms with Crippen LogP contribution in [0.4, 0.5) is 5.69 Å². The summed E-state index contributed by atoms with van der Waals surface area (Å²) in [4.78, 5) is 11.9. The third kappa shape index (κ3) is 6.75. The molecule has 0 atom stereocenters. The lowest BCUT2D eigenvalue weighted by Gasteiger charge is -2.10. The maximum Gasteiger partial charge on any atom is 0.262 e. The Morgan fingerprint density at radius 3 is 2.08 bits per heavy atom. The Bertz CT molecular complexity index is 650. The highest BCUT2D eigenvalue weighted by atomic mass is 16.5. The van der Waals surface area contributed by atoms with Crippen molar-refractivity contribution in [2.45, 2.75) is 20.3 Å². The van der Waals surface area contributed by atoms with Crippen LogP contribution in [0.15, 0.2) is 48.5 Å². The van der Waals surface area contributed by atoms with Crippen LogP contribution in [0.2, 0.25) is 0 Å². The van der Waals surface area contributed by atoms with Crippen LogP contribution in [0.3, 0.4) is 0 Å². The standard InChI is InChI=1S/C20H25NO4/c1-15(2)12-13-24-18-6-4-16(5-7-18)21-20(22)14-25-19-10-8-17(23-3)9-11-19/h4-11,15H,12-14H2,1-3H3,(H,21,22). The highest BCUT2D eigenvalue weighted by molar-refractivity contribution is 5.91. The lowest BCUT2D eigenvalue weighted by atomic mass is 10.1. The van der Waals surface area contributed by atoms with Gasteiger partial charge in [-0.05, 0) is 60.9 Å². The van der Waals surface area contributed by atoms with Gasteiger partial charge in [-0.1, -0.05) is 13.8 Å². The Labute approximate surface area is 148 Å². The Balaban J connectivity index is 1.75. The fourth-order valence-corrected chi connectivity index (χ4v) is 2.06. The number of carbonyl (C=O) groups is 1. The molecule has 0 bridgehead atoms. The molecule has 0 heterocycles. The zero-order valence-corrected chi connectivity index (χ0v) is 15.0. The first-order valence-electron chi connectivity index (χ1n) is 8.36. The number of hydrogen-bond acceptors (Lipinski definition) is 4. The summed E-state index contributed by atoms with van der Waals surface area (Å²) in [6.45, 7) is 4.96. The Morgan fingerprint density at radius 1 is 0.920 bits per heavy atom. The maximum absolute atomic E-state index is 11.9. The summed E-state index contributed by atoms with van der Waals surface area (Å²) in [5.74, 6) is 2.55. The number of benzene rings is 2. The third-order valence-corrected chi connectivity index (χ3v) is 3.53. The second kappa shape index (κ2) is 9.57. The maximum atomic E-state index is 11.9. The van der Waals surface area contributed by atoms with Crippen molar-refractivity contribution in [3.8, 4) is 17.2 Å². The summed E-state index contributed by atoms with van der Waals surface area (Å²) in [5, 5.41) is 2.79. The van der Waals surface area contributed by atoms with Gasteiger partial charge in [0.2, 0.25) is 0 Å². The van der Waals surface area contributed by atoms with Gasteiger partial charge < -0.3 is 19.5 Å². The number of anilines is 1. The van der Waals surface area contributed by atoms with Gasteiger partial charge in [-0.2, -0.15) is 0 Å². The highest BCUT2D eigenvalue weighted by Gasteiger charge is 2.05. The Morgan fingerprint density at radius 2 is 1.48 bits per heavy atom. The van der Waals surface area contributed by atoms with Crippen molar-refractivity contribution in [2.24, 2.45) is 5.92 Å². The molecule has 134 valence electrons. The van der Waals surface area contributed by atoms with Gasteiger partial charge in [0.25, 0.3) is 5.91 Å². The summed E-state index contributed by atoms with van der Waals surface area (Å²) < 4.78 is 16.2. The quantitative estimate of drug-likeness (QED) is 0.743. The minimum atomic E-state index is -0.218. The van der Waals surface area contributed by atoms with Gasteiger partial charge in [0.05, 0.1) is 13.7 Å². The smallest absolute Gasteiger partial charge is 0.262 e. The second-order valence-corrected chi connectivity index (χ2v) is 6.07. The van der Waals surface area contributed by atoms with E-state index in [2.05, 4.69) is 19.2 Å². The number of methoxy groups -OCH3 is 1. The highest BCUT2D eigenvalue weighted by Crippen LogP contribution is 2.18. The molecule has 0 saturated heterocycles. The SMILES string of the molecule is COc1ccc(OCC(=O)Nc2ccc(OCCC(C)C)cc2)cc1. The van der Waals surface area contributed by atoms with Gasteiger partial charge in [0.15, 0.2) is 6.61 Å². The number of ether oxygens (including phenoxy) is 3. The van der Waals surface area contributed by atoms with Crippen molar-refractivity contribution in [1.82, 2.24) is 0 Å². The molecule has 1 N–H and O–H groups in total. The van der Waals surface area contributed by atoms with E-state index in [4.69, 9.17) is 14.2 Å². The van der Waals surface area contributed by atoms with E-state index in [-0.39, 0.29) is 12.5 Å². The van der Waals surface area contributed by atoms with E-state index in [0.717, 1.165) is 17.9 Å². The number of rotatable bonds is 9. The van der Waals surface area contributed by atoms with E-state index >= 15 is 0 Å². The summed E-state index contributed by atoms with van der Waals surface area (Å²) in [6, 6.07) is 14.4. The summed E-state index contributed by atoms with van der Waals surface area (Å²) in [5.41, 5.74) is 0.708.